The molecule has 1 aromatic rings. The van der Waals surface area contributed by atoms with Gasteiger partial charge in [-0.2, -0.15) is 0 Å². The fourth-order valence-corrected chi connectivity index (χ4v) is 7.15. The van der Waals surface area contributed by atoms with Crippen LogP contribution in [0.2, 0.25) is 0 Å². The van der Waals surface area contributed by atoms with Gasteiger partial charge in [-0.1, -0.05) is 22.0 Å². The van der Waals surface area contributed by atoms with Gasteiger partial charge in [0, 0.05) is 16.0 Å². The molecule has 0 unspecified atom stereocenters. The van der Waals surface area contributed by atoms with Crippen molar-refractivity contribution in [1.29, 1.82) is 0 Å². The van der Waals surface area contributed by atoms with Gasteiger partial charge in [0.1, 0.15) is 11.6 Å². The monoisotopic (exact) mass is 397 g/mol. The molecule has 24 heavy (non-hydrogen) atoms. The quantitative estimate of drug-likeness (QED) is 0.723. The van der Waals surface area contributed by atoms with Crippen LogP contribution in [0.25, 0.3) is 0 Å². The summed E-state index contributed by atoms with van der Waals surface area (Å²) in [5.41, 5.74) is 0.0151. The number of halogens is 3. The van der Waals surface area contributed by atoms with Crippen molar-refractivity contribution >= 4 is 21.8 Å². The third-order valence-corrected chi connectivity index (χ3v) is 7.18. The molecule has 4 fully saturated rings. The van der Waals surface area contributed by atoms with Crippen LogP contribution in [0, 0.1) is 28.9 Å². The maximum atomic E-state index is 14.0. The van der Waals surface area contributed by atoms with Gasteiger partial charge in [0.25, 0.3) is 0 Å². The summed E-state index contributed by atoms with van der Waals surface area (Å²) in [4.78, 5) is 13.1. The van der Waals surface area contributed by atoms with Crippen LogP contribution in [0.5, 0.6) is 0 Å². The molecule has 0 saturated heterocycles. The van der Waals surface area contributed by atoms with Gasteiger partial charge in [0.15, 0.2) is 0 Å². The smallest absolute Gasteiger partial charge is 0.226 e. The highest BCUT2D eigenvalue weighted by Crippen LogP contribution is 2.64. The first-order valence-corrected chi connectivity index (χ1v) is 9.53. The topological polar surface area (TPSA) is 29.1 Å². The molecule has 1 aromatic carbocycles. The van der Waals surface area contributed by atoms with E-state index < -0.39 is 17.7 Å². The van der Waals surface area contributed by atoms with Crippen LogP contribution >= 0.6 is 15.9 Å². The number of carbonyl (C=O) groups is 1. The molecule has 0 aromatic heterocycles. The van der Waals surface area contributed by atoms with E-state index >= 15 is 0 Å². The third kappa shape index (κ3) is 2.69. The summed E-state index contributed by atoms with van der Waals surface area (Å²) >= 11 is 3.91. The van der Waals surface area contributed by atoms with Gasteiger partial charge in [-0.05, 0) is 63.4 Å². The summed E-state index contributed by atoms with van der Waals surface area (Å²) in [6.45, 7) is 1.76. The van der Waals surface area contributed by atoms with E-state index in [4.69, 9.17) is 0 Å². The lowest BCUT2D eigenvalue weighted by Gasteiger charge is -2.59. The highest BCUT2D eigenvalue weighted by Gasteiger charge is 2.59. The van der Waals surface area contributed by atoms with E-state index in [2.05, 4.69) is 21.2 Å². The van der Waals surface area contributed by atoms with Crippen LogP contribution in [0.1, 0.15) is 57.1 Å². The van der Waals surface area contributed by atoms with Crippen molar-refractivity contribution < 1.29 is 13.6 Å². The summed E-state index contributed by atoms with van der Waals surface area (Å²) in [6, 6.07) is 3.06. The maximum Gasteiger partial charge on any atom is 0.226 e. The van der Waals surface area contributed by atoms with Crippen molar-refractivity contribution in [2.24, 2.45) is 17.3 Å². The Morgan fingerprint density at radius 1 is 1.25 bits per heavy atom. The van der Waals surface area contributed by atoms with Crippen molar-refractivity contribution in [3.63, 3.8) is 0 Å². The number of rotatable bonds is 3. The van der Waals surface area contributed by atoms with Gasteiger partial charge in [0.2, 0.25) is 5.91 Å². The zero-order valence-electron chi connectivity index (χ0n) is 13.7. The van der Waals surface area contributed by atoms with E-state index in [1.807, 2.05) is 0 Å². The largest absolute Gasteiger partial charge is 0.349 e. The molecule has 0 aliphatic heterocycles. The number of benzene rings is 1. The lowest BCUT2D eigenvalue weighted by atomic mass is 9.49. The lowest BCUT2D eigenvalue weighted by Crippen LogP contribution is -2.58. The van der Waals surface area contributed by atoms with Crippen molar-refractivity contribution in [2.45, 2.75) is 55.8 Å². The Morgan fingerprint density at radius 3 is 2.50 bits per heavy atom. The van der Waals surface area contributed by atoms with Crippen molar-refractivity contribution in [3.8, 4) is 0 Å². The Kier molecular flexibility index (Phi) is 3.79. The molecule has 0 radical (unpaired) electrons. The van der Waals surface area contributed by atoms with Crippen molar-refractivity contribution in [3.05, 3.63) is 35.4 Å². The molecular formula is C19H22BrF2NO. The molecule has 3 atom stereocenters. The summed E-state index contributed by atoms with van der Waals surface area (Å²) < 4.78 is 27.2. The van der Waals surface area contributed by atoms with E-state index in [0.717, 1.165) is 25.3 Å². The van der Waals surface area contributed by atoms with Gasteiger partial charge >= 0.3 is 0 Å². The number of hydrogen-bond donors (Lipinski definition) is 1. The lowest BCUT2D eigenvalue weighted by molar-refractivity contribution is -0.144. The van der Waals surface area contributed by atoms with Crippen LogP contribution in [-0.2, 0) is 4.79 Å². The van der Waals surface area contributed by atoms with Gasteiger partial charge < -0.3 is 5.32 Å². The Morgan fingerprint density at radius 2 is 1.92 bits per heavy atom. The van der Waals surface area contributed by atoms with Crippen LogP contribution < -0.4 is 5.32 Å². The first kappa shape index (κ1) is 16.5. The minimum absolute atomic E-state index is 0.0386. The number of amides is 1. The molecule has 1 amide bonds. The van der Waals surface area contributed by atoms with E-state index in [1.165, 1.54) is 31.4 Å². The van der Waals surface area contributed by atoms with Crippen LogP contribution in [-0.4, -0.2) is 10.2 Å². The second kappa shape index (κ2) is 5.52. The number of carbonyl (C=O) groups excluding carboxylic acids is 1. The Hall–Kier alpha value is -0.970. The second-order valence-corrected chi connectivity index (χ2v) is 9.94. The zero-order chi connectivity index (χ0) is 17.1. The maximum absolute atomic E-state index is 14.0. The Labute approximate surface area is 149 Å². The summed E-state index contributed by atoms with van der Waals surface area (Å²) in [7, 11) is 0. The molecule has 5 rings (SSSR count). The predicted octanol–water partition coefficient (Wildman–Crippen LogP) is 4.88. The van der Waals surface area contributed by atoms with Gasteiger partial charge in [-0.25, -0.2) is 8.78 Å². The Bertz CT molecular complexity index is 678. The third-order valence-electron chi connectivity index (χ3n) is 6.25. The van der Waals surface area contributed by atoms with E-state index in [9.17, 15) is 13.6 Å². The SMILES string of the molecule is C[C@@H](NC(=O)C12C[C@H]3C[C@@H](CC(Br)(C3)C1)C2)c1ccc(F)cc1F. The highest BCUT2D eigenvalue weighted by atomic mass is 79.9. The summed E-state index contributed by atoms with van der Waals surface area (Å²) in [5, 5.41) is 3.01. The van der Waals surface area contributed by atoms with Gasteiger partial charge in [-0.15, -0.1) is 0 Å². The minimum Gasteiger partial charge on any atom is -0.349 e. The molecule has 0 heterocycles. The fourth-order valence-electron chi connectivity index (χ4n) is 5.70. The van der Waals surface area contributed by atoms with E-state index in [0.29, 0.717) is 17.4 Å². The minimum atomic E-state index is -0.606. The average Bonchev–Trinajstić information content (AvgIpc) is 2.44. The van der Waals surface area contributed by atoms with E-state index in [1.54, 1.807) is 6.92 Å². The molecule has 2 nitrogen and oxygen atoms in total. The Balaban J connectivity index is 1.54. The van der Waals surface area contributed by atoms with Gasteiger partial charge in [-0.3, -0.25) is 4.79 Å². The number of hydrogen-bond acceptors (Lipinski definition) is 1. The van der Waals surface area contributed by atoms with Gasteiger partial charge in [0.05, 0.1) is 11.5 Å². The van der Waals surface area contributed by atoms with Crippen LogP contribution in [0.4, 0.5) is 8.78 Å². The molecule has 4 aliphatic rings. The highest BCUT2D eigenvalue weighted by molar-refractivity contribution is 9.10. The normalized spacial score (nSPS) is 38.2. The molecule has 1 N–H and O–H groups in total. The molecule has 0 spiro atoms. The number of nitrogens with one attached hydrogen (secondary N) is 1. The predicted molar refractivity (Wildman–Crippen MR) is 91.7 cm³/mol. The molecule has 130 valence electrons. The number of alkyl halides is 1. The first-order valence-electron chi connectivity index (χ1n) is 8.73. The summed E-state index contributed by atoms with van der Waals surface area (Å²) in [5.74, 6) is 0.0718. The molecule has 4 bridgehead atoms. The van der Waals surface area contributed by atoms with E-state index in [-0.39, 0.29) is 15.6 Å². The second-order valence-electron chi connectivity index (χ2n) is 8.25. The van der Waals surface area contributed by atoms with Crippen LogP contribution in [0.3, 0.4) is 0 Å². The van der Waals surface area contributed by atoms with Crippen LogP contribution in [0.15, 0.2) is 18.2 Å². The standard InChI is InChI=1S/C19H22BrF2NO/c1-11(15-3-2-14(21)5-16(15)22)23-17(24)18-6-12-4-13(7-18)9-19(20,8-12)10-18/h2-3,5,11-13H,4,6-10H2,1H3,(H,23,24)/t11-,12-,13-,18?,19?/m1/s1. The zero-order valence-corrected chi connectivity index (χ0v) is 15.3. The fraction of sp³-hybridized carbons (Fsp3) is 0.632. The molecule has 4 aliphatic carbocycles. The average molecular weight is 398 g/mol. The molecular weight excluding hydrogens is 376 g/mol. The first-order chi connectivity index (χ1) is 11.3. The van der Waals surface area contributed by atoms with Crippen molar-refractivity contribution in [2.75, 3.05) is 0 Å². The molecule has 4 saturated carbocycles. The summed E-state index contributed by atoms with van der Waals surface area (Å²) in [6.07, 6.45) is 6.34. The van der Waals surface area contributed by atoms with Crippen molar-refractivity contribution in [1.82, 2.24) is 5.32 Å². The molecule has 5 heteroatoms.